The van der Waals surface area contributed by atoms with E-state index in [1.807, 2.05) is 0 Å². The Bertz CT molecular complexity index is 762. The molecule has 0 heterocycles. The molecule has 0 aromatic carbocycles. The van der Waals surface area contributed by atoms with Gasteiger partial charge in [0.1, 0.15) is 0 Å². The molecular formula is C40H76O8Pb2. The number of carbonyl (C=O) groups is 4. The quantitative estimate of drug-likeness (QED) is 0.0695. The molecule has 0 spiro atoms. The van der Waals surface area contributed by atoms with Crippen molar-refractivity contribution in [2.45, 2.75) is 212 Å². The number of hydrogen-bond donors (Lipinski definition) is 0. The van der Waals surface area contributed by atoms with E-state index in [-0.39, 0.29) is 23.9 Å². The van der Waals surface area contributed by atoms with Gasteiger partial charge in [0.05, 0.1) is 0 Å². The Labute approximate surface area is 334 Å². The van der Waals surface area contributed by atoms with Crippen molar-refractivity contribution in [1.29, 1.82) is 0 Å². The summed E-state index contributed by atoms with van der Waals surface area (Å²) >= 11 is -4.02. The van der Waals surface area contributed by atoms with E-state index in [1.54, 1.807) is 0 Å². The Morgan fingerprint density at radius 3 is 0.660 bits per heavy atom. The summed E-state index contributed by atoms with van der Waals surface area (Å²) in [6, 6.07) is 0. The second-order valence-electron chi connectivity index (χ2n) is 18.5. The van der Waals surface area contributed by atoms with Gasteiger partial charge >= 0.3 is 337 Å². The summed E-state index contributed by atoms with van der Waals surface area (Å²) in [4.78, 5) is 46.5. The summed E-state index contributed by atoms with van der Waals surface area (Å²) in [5.74, 6) is -0.789. The Kier molecular flexibility index (Phi) is 30.2. The van der Waals surface area contributed by atoms with Gasteiger partial charge in [0.2, 0.25) is 0 Å². The SMILES string of the molecule is CC(C)(C)CCCCCC(=O)[O][Pb][O]C(=O)CCCCCC(C)(C)C.CC(C)(C)CCCCCC(=O)[O][Pb][O]C(=O)CCCCCC(C)(C)C. The third kappa shape index (κ3) is 45.7. The van der Waals surface area contributed by atoms with Gasteiger partial charge in [-0.05, 0) is 0 Å². The van der Waals surface area contributed by atoms with Crippen molar-refractivity contribution in [1.82, 2.24) is 0 Å². The molecule has 0 N–H and O–H groups in total. The van der Waals surface area contributed by atoms with Crippen molar-refractivity contribution in [3.05, 3.63) is 0 Å². The van der Waals surface area contributed by atoms with Crippen molar-refractivity contribution in [2.24, 2.45) is 21.7 Å². The molecule has 50 heavy (non-hydrogen) atoms. The molecule has 0 aromatic heterocycles. The fourth-order valence-corrected chi connectivity index (χ4v) is 8.19. The van der Waals surface area contributed by atoms with Crippen LogP contribution in [0.3, 0.4) is 0 Å². The summed E-state index contributed by atoms with van der Waals surface area (Å²) in [6.07, 6.45) is 18.7. The van der Waals surface area contributed by atoms with E-state index in [1.165, 1.54) is 25.7 Å². The maximum absolute atomic E-state index is 11.6. The first-order valence-corrected chi connectivity index (χ1v) is 25.6. The van der Waals surface area contributed by atoms with Gasteiger partial charge in [-0.25, -0.2) is 0 Å². The van der Waals surface area contributed by atoms with Crippen molar-refractivity contribution >= 4 is 74.2 Å². The third-order valence-corrected chi connectivity index (χ3v) is 12.7. The van der Waals surface area contributed by atoms with E-state index < -0.39 is 50.3 Å². The number of hydrogen-bond acceptors (Lipinski definition) is 8. The predicted molar refractivity (Wildman–Crippen MR) is 206 cm³/mol. The molecule has 10 heteroatoms. The fraction of sp³-hybridized carbons (Fsp3) is 0.900. The first-order chi connectivity index (χ1) is 23.0. The van der Waals surface area contributed by atoms with Crippen LogP contribution in [-0.4, -0.2) is 74.2 Å². The molecule has 0 aliphatic heterocycles. The molecule has 0 fully saturated rings. The summed E-state index contributed by atoms with van der Waals surface area (Å²) in [6.45, 7) is 26.8. The van der Waals surface area contributed by atoms with Crippen LogP contribution in [0, 0.1) is 21.7 Å². The van der Waals surface area contributed by atoms with Crippen LogP contribution in [0.15, 0.2) is 0 Å². The van der Waals surface area contributed by atoms with Gasteiger partial charge < -0.3 is 0 Å². The second kappa shape index (κ2) is 29.1. The number of unbranched alkanes of at least 4 members (excludes halogenated alkanes) is 8. The van der Waals surface area contributed by atoms with Crippen LogP contribution in [0.2, 0.25) is 0 Å². The van der Waals surface area contributed by atoms with Gasteiger partial charge in [-0.3, -0.25) is 0 Å². The average Bonchev–Trinajstić information content (AvgIpc) is 2.94. The van der Waals surface area contributed by atoms with E-state index in [2.05, 4.69) is 83.1 Å². The van der Waals surface area contributed by atoms with Crippen LogP contribution >= 0.6 is 0 Å². The molecular weight excluding hydrogens is 1020 g/mol. The zero-order valence-corrected chi connectivity index (χ0v) is 42.2. The molecule has 292 valence electrons. The molecule has 0 amide bonds. The first kappa shape index (κ1) is 51.8. The van der Waals surface area contributed by atoms with E-state index >= 15 is 0 Å². The van der Waals surface area contributed by atoms with Crippen molar-refractivity contribution in [3.8, 4) is 0 Å². The molecule has 0 aromatic rings. The molecule has 4 radical (unpaired) electrons. The Morgan fingerprint density at radius 1 is 0.320 bits per heavy atom. The van der Waals surface area contributed by atoms with Crippen LogP contribution in [0.25, 0.3) is 0 Å². The molecule has 0 aliphatic carbocycles. The third-order valence-electron chi connectivity index (χ3n) is 7.85. The Balaban J connectivity index is 0. The van der Waals surface area contributed by atoms with Crippen LogP contribution in [0.5, 0.6) is 0 Å². The Morgan fingerprint density at radius 2 is 0.500 bits per heavy atom. The van der Waals surface area contributed by atoms with Crippen molar-refractivity contribution < 1.29 is 29.9 Å². The summed E-state index contributed by atoms with van der Waals surface area (Å²) < 4.78 is 20.6. The summed E-state index contributed by atoms with van der Waals surface area (Å²) in [7, 11) is 0. The van der Waals surface area contributed by atoms with Crippen LogP contribution in [0.4, 0.5) is 0 Å². The van der Waals surface area contributed by atoms with Gasteiger partial charge in [0, 0.05) is 0 Å². The molecule has 0 unspecified atom stereocenters. The normalized spacial score (nSPS) is 12.1. The number of carbonyl (C=O) groups excluding carboxylic acids is 4. The molecule has 0 atom stereocenters. The van der Waals surface area contributed by atoms with Crippen LogP contribution in [-0.2, 0) is 29.9 Å². The van der Waals surface area contributed by atoms with Gasteiger partial charge in [-0.2, -0.15) is 0 Å². The van der Waals surface area contributed by atoms with Gasteiger partial charge in [-0.1, -0.05) is 0 Å². The van der Waals surface area contributed by atoms with Crippen molar-refractivity contribution in [2.75, 3.05) is 0 Å². The van der Waals surface area contributed by atoms with Crippen LogP contribution in [0.1, 0.15) is 212 Å². The molecule has 0 saturated heterocycles. The zero-order valence-electron chi connectivity index (χ0n) is 34.4. The van der Waals surface area contributed by atoms with E-state index in [9.17, 15) is 19.2 Å². The van der Waals surface area contributed by atoms with Crippen LogP contribution < -0.4 is 0 Å². The molecule has 0 bridgehead atoms. The van der Waals surface area contributed by atoms with E-state index in [4.69, 9.17) is 10.7 Å². The molecule has 0 rings (SSSR count). The molecule has 0 aliphatic rings. The molecule has 8 nitrogen and oxygen atoms in total. The standard InChI is InChI=1S/4C10H20O2.2Pb/c4*1-10(2,3)8-6-4-5-7-9(11)12;;/h4*4-8H2,1-3H3,(H,11,12);;/q;;;;2*+2/p-4. The topological polar surface area (TPSA) is 105 Å². The maximum atomic E-state index is 11.6. The first-order valence-electron chi connectivity index (χ1n) is 19.3. The van der Waals surface area contributed by atoms with Gasteiger partial charge in [-0.15, -0.1) is 0 Å². The minimum atomic E-state index is -2.01. The monoisotopic (exact) mass is 1100 g/mol. The van der Waals surface area contributed by atoms with E-state index in [0.717, 1.165) is 77.0 Å². The second-order valence-corrected chi connectivity index (χ2v) is 23.0. The fourth-order valence-electron chi connectivity index (χ4n) is 4.84. The Hall–Kier alpha value is -0.276. The zero-order chi connectivity index (χ0) is 38.7. The molecule has 0 saturated carbocycles. The number of rotatable bonds is 24. The summed E-state index contributed by atoms with van der Waals surface area (Å²) in [5, 5.41) is 0. The average molecular weight is 1100 g/mol. The van der Waals surface area contributed by atoms with Crippen molar-refractivity contribution in [3.63, 3.8) is 0 Å². The van der Waals surface area contributed by atoms with Gasteiger partial charge in [0.25, 0.3) is 0 Å². The summed E-state index contributed by atoms with van der Waals surface area (Å²) in [5.41, 5.74) is 1.43. The van der Waals surface area contributed by atoms with Gasteiger partial charge in [0.15, 0.2) is 0 Å². The predicted octanol–water partition coefficient (Wildman–Crippen LogP) is 11.2. The van der Waals surface area contributed by atoms with E-state index in [0.29, 0.717) is 47.3 Å². The minimum absolute atomic E-state index is 0.197.